The SMILES string of the molecule is C#Cc1ccc(F)c(C23CCCC2CSC(C)=N3)c1. The number of hydrogen-bond acceptors (Lipinski definition) is 2. The van der Waals surface area contributed by atoms with Gasteiger partial charge < -0.3 is 0 Å². The van der Waals surface area contributed by atoms with E-state index >= 15 is 0 Å². The zero-order valence-corrected chi connectivity index (χ0v) is 11.8. The molecular weight excluding hydrogens is 257 g/mol. The van der Waals surface area contributed by atoms with Crippen molar-refractivity contribution >= 4 is 16.8 Å². The molecule has 0 amide bonds. The van der Waals surface area contributed by atoms with Crippen molar-refractivity contribution in [3.8, 4) is 12.3 Å². The topological polar surface area (TPSA) is 12.4 Å². The maximum absolute atomic E-state index is 14.3. The van der Waals surface area contributed by atoms with E-state index in [9.17, 15) is 4.39 Å². The standard InChI is InChI=1S/C16H16FNS/c1-3-12-6-7-15(17)14(9-12)16-8-4-5-13(16)10-19-11(2)18-16/h1,6-7,9,13H,4-5,8,10H2,2H3. The van der Waals surface area contributed by atoms with E-state index in [2.05, 4.69) is 5.92 Å². The molecule has 3 rings (SSSR count). The molecule has 1 saturated carbocycles. The number of fused-ring (bicyclic) bond motifs is 1. The molecule has 0 spiro atoms. The van der Waals surface area contributed by atoms with E-state index in [4.69, 9.17) is 11.4 Å². The average molecular weight is 273 g/mol. The van der Waals surface area contributed by atoms with Gasteiger partial charge >= 0.3 is 0 Å². The Balaban J connectivity index is 2.18. The summed E-state index contributed by atoms with van der Waals surface area (Å²) >= 11 is 1.79. The lowest BCUT2D eigenvalue weighted by molar-refractivity contribution is 0.341. The Bertz CT molecular complexity index is 587. The highest BCUT2D eigenvalue weighted by Crippen LogP contribution is 2.51. The van der Waals surface area contributed by atoms with E-state index in [0.717, 1.165) is 35.6 Å². The Morgan fingerprint density at radius 2 is 2.37 bits per heavy atom. The van der Waals surface area contributed by atoms with Crippen LogP contribution in [0.2, 0.25) is 0 Å². The van der Waals surface area contributed by atoms with E-state index in [1.54, 1.807) is 17.8 Å². The maximum Gasteiger partial charge on any atom is 0.128 e. The van der Waals surface area contributed by atoms with Crippen molar-refractivity contribution in [3.63, 3.8) is 0 Å². The summed E-state index contributed by atoms with van der Waals surface area (Å²) in [6.45, 7) is 2.02. The number of rotatable bonds is 1. The lowest BCUT2D eigenvalue weighted by atomic mass is 9.80. The van der Waals surface area contributed by atoms with Gasteiger partial charge in [0.2, 0.25) is 0 Å². The van der Waals surface area contributed by atoms with Crippen molar-refractivity contribution in [2.45, 2.75) is 31.7 Å². The molecule has 1 heterocycles. The van der Waals surface area contributed by atoms with Crippen molar-refractivity contribution in [1.29, 1.82) is 0 Å². The second kappa shape index (κ2) is 4.68. The molecule has 0 N–H and O–H groups in total. The van der Waals surface area contributed by atoms with E-state index in [1.807, 2.05) is 13.0 Å². The number of terminal acetylenes is 1. The molecule has 3 heteroatoms. The number of thioether (sulfide) groups is 1. The number of hydrogen-bond donors (Lipinski definition) is 0. The van der Waals surface area contributed by atoms with Crippen molar-refractivity contribution in [1.82, 2.24) is 0 Å². The molecular formula is C16H16FNS. The molecule has 2 unspecified atom stereocenters. The fourth-order valence-corrected chi connectivity index (χ4v) is 4.44. The molecule has 1 aliphatic carbocycles. The smallest absolute Gasteiger partial charge is 0.128 e. The molecule has 0 saturated heterocycles. The average Bonchev–Trinajstić information content (AvgIpc) is 2.83. The van der Waals surface area contributed by atoms with Crippen LogP contribution in [-0.4, -0.2) is 10.8 Å². The van der Waals surface area contributed by atoms with Gasteiger partial charge in [0, 0.05) is 16.9 Å². The van der Waals surface area contributed by atoms with Crippen LogP contribution in [0.3, 0.4) is 0 Å². The molecule has 0 aromatic heterocycles. The first kappa shape index (κ1) is 12.7. The summed E-state index contributed by atoms with van der Waals surface area (Å²) in [5, 5.41) is 1.06. The molecule has 0 bridgehead atoms. The first-order chi connectivity index (χ1) is 9.15. The number of nitrogens with zero attached hydrogens (tertiary/aromatic N) is 1. The third kappa shape index (κ3) is 1.99. The van der Waals surface area contributed by atoms with Crippen molar-refractivity contribution in [2.75, 3.05) is 5.75 Å². The molecule has 1 aromatic rings. The number of benzene rings is 1. The molecule has 19 heavy (non-hydrogen) atoms. The highest BCUT2D eigenvalue weighted by Gasteiger charge is 2.47. The van der Waals surface area contributed by atoms with Crippen LogP contribution in [0, 0.1) is 24.1 Å². The van der Waals surface area contributed by atoms with Gasteiger partial charge in [0.15, 0.2) is 0 Å². The predicted octanol–water partition coefficient (Wildman–Crippen LogP) is 3.97. The van der Waals surface area contributed by atoms with Gasteiger partial charge in [0.05, 0.1) is 10.6 Å². The normalized spacial score (nSPS) is 29.5. The Labute approximate surface area is 117 Å². The third-order valence-electron chi connectivity index (χ3n) is 4.24. The Kier molecular flexibility index (Phi) is 3.14. The van der Waals surface area contributed by atoms with Crippen LogP contribution >= 0.6 is 11.8 Å². The van der Waals surface area contributed by atoms with Crippen LogP contribution < -0.4 is 0 Å². The van der Waals surface area contributed by atoms with E-state index < -0.39 is 0 Å². The van der Waals surface area contributed by atoms with E-state index in [0.29, 0.717) is 11.5 Å². The second-order valence-corrected chi connectivity index (χ2v) is 6.51. The zero-order valence-electron chi connectivity index (χ0n) is 10.9. The Hall–Kier alpha value is -1.27. The number of aliphatic imine (C=N–C) groups is 1. The maximum atomic E-state index is 14.3. The van der Waals surface area contributed by atoms with Crippen LogP contribution in [0.5, 0.6) is 0 Å². The second-order valence-electron chi connectivity index (χ2n) is 5.29. The van der Waals surface area contributed by atoms with Crippen LogP contribution in [0.4, 0.5) is 4.39 Å². The first-order valence-electron chi connectivity index (χ1n) is 6.61. The quantitative estimate of drug-likeness (QED) is 0.705. The fourth-order valence-electron chi connectivity index (χ4n) is 3.33. The zero-order chi connectivity index (χ0) is 13.5. The van der Waals surface area contributed by atoms with Crippen molar-refractivity contribution < 1.29 is 4.39 Å². The summed E-state index contributed by atoms with van der Waals surface area (Å²) in [6, 6.07) is 4.97. The molecule has 2 aliphatic rings. The minimum Gasteiger partial charge on any atom is -0.271 e. The minimum atomic E-state index is -0.369. The summed E-state index contributed by atoms with van der Waals surface area (Å²) in [7, 11) is 0. The van der Waals surface area contributed by atoms with Crippen molar-refractivity contribution in [2.24, 2.45) is 10.9 Å². The summed E-state index contributed by atoms with van der Waals surface area (Å²) in [4.78, 5) is 4.85. The van der Waals surface area contributed by atoms with Gasteiger partial charge in [-0.05, 0) is 43.9 Å². The van der Waals surface area contributed by atoms with Crippen molar-refractivity contribution in [3.05, 3.63) is 35.1 Å². The monoisotopic (exact) mass is 273 g/mol. The molecule has 2 atom stereocenters. The van der Waals surface area contributed by atoms with Gasteiger partial charge in [-0.3, -0.25) is 4.99 Å². The molecule has 1 fully saturated rings. The van der Waals surface area contributed by atoms with Crippen LogP contribution in [0.15, 0.2) is 23.2 Å². The molecule has 98 valence electrons. The van der Waals surface area contributed by atoms with Gasteiger partial charge in [-0.2, -0.15) is 0 Å². The number of halogens is 1. The summed E-state index contributed by atoms with van der Waals surface area (Å²) < 4.78 is 14.3. The lowest BCUT2D eigenvalue weighted by Gasteiger charge is -2.36. The third-order valence-corrected chi connectivity index (χ3v) is 5.31. The van der Waals surface area contributed by atoms with Crippen LogP contribution in [0.1, 0.15) is 37.3 Å². The summed E-state index contributed by atoms with van der Waals surface area (Å²) in [6.07, 6.45) is 8.62. The molecule has 1 aromatic carbocycles. The van der Waals surface area contributed by atoms with Crippen LogP contribution in [-0.2, 0) is 5.54 Å². The fraction of sp³-hybridized carbons (Fsp3) is 0.438. The van der Waals surface area contributed by atoms with E-state index in [1.165, 1.54) is 6.07 Å². The largest absolute Gasteiger partial charge is 0.271 e. The molecule has 0 radical (unpaired) electrons. The van der Waals surface area contributed by atoms with E-state index in [-0.39, 0.29) is 11.4 Å². The Morgan fingerprint density at radius 3 is 3.16 bits per heavy atom. The first-order valence-corrected chi connectivity index (χ1v) is 7.60. The summed E-state index contributed by atoms with van der Waals surface area (Å²) in [5.41, 5.74) is 1.07. The van der Waals surface area contributed by atoms with Gasteiger partial charge in [-0.1, -0.05) is 12.3 Å². The highest BCUT2D eigenvalue weighted by molar-refractivity contribution is 8.13. The Morgan fingerprint density at radius 1 is 1.53 bits per heavy atom. The van der Waals surface area contributed by atoms with Crippen LogP contribution in [0.25, 0.3) is 0 Å². The molecule has 1 nitrogen and oxygen atoms in total. The van der Waals surface area contributed by atoms with Gasteiger partial charge in [-0.15, -0.1) is 18.2 Å². The minimum absolute atomic E-state index is 0.172. The van der Waals surface area contributed by atoms with Gasteiger partial charge in [0.1, 0.15) is 5.82 Å². The highest BCUT2D eigenvalue weighted by atomic mass is 32.2. The van der Waals surface area contributed by atoms with Gasteiger partial charge in [-0.25, -0.2) is 4.39 Å². The lowest BCUT2D eigenvalue weighted by Crippen LogP contribution is -2.35. The predicted molar refractivity (Wildman–Crippen MR) is 78.9 cm³/mol. The van der Waals surface area contributed by atoms with Gasteiger partial charge in [0.25, 0.3) is 0 Å². The summed E-state index contributed by atoms with van der Waals surface area (Å²) in [5.74, 6) is 3.90. The molecule has 1 aliphatic heterocycles.